The van der Waals surface area contributed by atoms with Crippen LogP contribution in [0, 0.1) is 0 Å². The van der Waals surface area contributed by atoms with E-state index in [0.717, 1.165) is 11.3 Å². The van der Waals surface area contributed by atoms with E-state index in [-0.39, 0.29) is 5.91 Å². The smallest absolute Gasteiger partial charge is 0.268 e. The molecule has 2 heterocycles. The van der Waals surface area contributed by atoms with Crippen LogP contribution in [0.25, 0.3) is 6.08 Å². The van der Waals surface area contributed by atoms with Crippen molar-refractivity contribution in [3.8, 4) is 0 Å². The van der Waals surface area contributed by atoms with E-state index >= 15 is 0 Å². The number of pyridine rings is 1. The molecule has 1 aliphatic heterocycles. The maximum Gasteiger partial charge on any atom is 0.270 e. The summed E-state index contributed by atoms with van der Waals surface area (Å²) >= 11 is 6.63. The number of nitrogens with zero attached hydrogens (tertiary/aromatic N) is 2. The first-order valence-electron chi connectivity index (χ1n) is 5.99. The Morgan fingerprint density at radius 2 is 1.80 bits per heavy atom. The van der Waals surface area contributed by atoms with Gasteiger partial charge < -0.3 is 0 Å². The van der Waals surface area contributed by atoms with E-state index < -0.39 is 0 Å². The Balaban J connectivity index is 1.93. The van der Waals surface area contributed by atoms with Gasteiger partial charge in [0.05, 0.1) is 10.6 Å². The second kappa shape index (κ2) is 5.56. The van der Waals surface area contributed by atoms with Crippen molar-refractivity contribution in [2.45, 2.75) is 0 Å². The van der Waals surface area contributed by atoms with E-state index in [1.807, 2.05) is 48.5 Å². The predicted octanol–water partition coefficient (Wildman–Crippen LogP) is 3.49. The van der Waals surface area contributed by atoms with Crippen molar-refractivity contribution in [3.05, 3.63) is 65.3 Å². The number of aromatic nitrogens is 1. The standard InChI is InChI=1S/C15H10N2OS2/c18-14-13(10-11-6-8-16-9-7-11)20-15(19)17(14)12-4-2-1-3-5-12/h1-10H. The summed E-state index contributed by atoms with van der Waals surface area (Å²) in [5, 5.41) is 0. The maximum atomic E-state index is 12.5. The first-order chi connectivity index (χ1) is 9.75. The van der Waals surface area contributed by atoms with E-state index in [4.69, 9.17) is 12.2 Å². The predicted molar refractivity (Wildman–Crippen MR) is 86.3 cm³/mol. The number of rotatable bonds is 2. The molecule has 1 fully saturated rings. The number of hydrogen-bond donors (Lipinski definition) is 0. The molecular formula is C15H10N2OS2. The zero-order valence-electron chi connectivity index (χ0n) is 10.4. The van der Waals surface area contributed by atoms with E-state index in [9.17, 15) is 4.79 Å². The number of anilines is 1. The molecule has 1 aliphatic rings. The molecule has 5 heteroatoms. The largest absolute Gasteiger partial charge is 0.270 e. The molecule has 0 atom stereocenters. The van der Waals surface area contributed by atoms with E-state index in [0.29, 0.717) is 9.23 Å². The quantitative estimate of drug-likeness (QED) is 0.628. The molecule has 0 aliphatic carbocycles. The fraction of sp³-hybridized carbons (Fsp3) is 0. The molecule has 0 N–H and O–H groups in total. The van der Waals surface area contributed by atoms with Crippen LogP contribution >= 0.6 is 24.0 Å². The normalized spacial score (nSPS) is 17.0. The molecule has 1 saturated heterocycles. The SMILES string of the molecule is O=C1C(=Cc2ccncc2)SC(=S)N1c1ccccc1. The van der Waals surface area contributed by atoms with Crippen LogP contribution in [0.2, 0.25) is 0 Å². The van der Waals surface area contributed by atoms with Crippen molar-refractivity contribution in [2.75, 3.05) is 4.90 Å². The van der Waals surface area contributed by atoms with Gasteiger partial charge in [0.15, 0.2) is 4.32 Å². The minimum Gasteiger partial charge on any atom is -0.268 e. The summed E-state index contributed by atoms with van der Waals surface area (Å²) in [6.45, 7) is 0. The first kappa shape index (κ1) is 13.0. The average molecular weight is 298 g/mol. The molecule has 0 bridgehead atoms. The minimum absolute atomic E-state index is 0.0805. The molecule has 3 nitrogen and oxygen atoms in total. The van der Waals surface area contributed by atoms with Crippen molar-refractivity contribution >= 4 is 46.0 Å². The summed E-state index contributed by atoms with van der Waals surface area (Å²) in [5.41, 5.74) is 1.74. The molecule has 98 valence electrons. The lowest BCUT2D eigenvalue weighted by atomic mass is 10.2. The maximum absolute atomic E-state index is 12.5. The summed E-state index contributed by atoms with van der Waals surface area (Å²) in [7, 11) is 0. The van der Waals surface area contributed by atoms with E-state index in [1.165, 1.54) is 11.8 Å². The average Bonchev–Trinajstić information content (AvgIpc) is 2.75. The number of thiocarbonyl (C=S) groups is 1. The highest BCUT2D eigenvalue weighted by atomic mass is 32.2. The van der Waals surface area contributed by atoms with Crippen LogP contribution in [-0.2, 0) is 4.79 Å². The fourth-order valence-electron chi connectivity index (χ4n) is 1.88. The Labute approximate surface area is 126 Å². The van der Waals surface area contributed by atoms with E-state index in [2.05, 4.69) is 4.98 Å². The Kier molecular flexibility index (Phi) is 3.62. The van der Waals surface area contributed by atoms with Crippen LogP contribution in [-0.4, -0.2) is 15.2 Å². The van der Waals surface area contributed by atoms with Gasteiger partial charge in [-0.25, -0.2) is 0 Å². The van der Waals surface area contributed by atoms with Gasteiger partial charge >= 0.3 is 0 Å². The molecule has 3 rings (SSSR count). The van der Waals surface area contributed by atoms with Gasteiger partial charge in [0.1, 0.15) is 0 Å². The van der Waals surface area contributed by atoms with Crippen molar-refractivity contribution < 1.29 is 4.79 Å². The van der Waals surface area contributed by atoms with Gasteiger partial charge in [-0.3, -0.25) is 14.7 Å². The molecule has 2 aromatic rings. The number of para-hydroxylation sites is 1. The number of hydrogen-bond acceptors (Lipinski definition) is 4. The Hall–Kier alpha value is -1.98. The van der Waals surface area contributed by atoms with Gasteiger partial charge in [-0.1, -0.05) is 42.2 Å². The van der Waals surface area contributed by atoms with Crippen LogP contribution in [0.15, 0.2) is 59.8 Å². The van der Waals surface area contributed by atoms with Gasteiger partial charge in [-0.15, -0.1) is 0 Å². The third-order valence-corrected chi connectivity index (χ3v) is 4.11. The van der Waals surface area contributed by atoms with Crippen LogP contribution < -0.4 is 4.90 Å². The Morgan fingerprint density at radius 1 is 1.10 bits per heavy atom. The van der Waals surface area contributed by atoms with Crippen LogP contribution in [0.4, 0.5) is 5.69 Å². The monoisotopic (exact) mass is 298 g/mol. The molecule has 0 unspecified atom stereocenters. The number of benzene rings is 1. The summed E-state index contributed by atoms with van der Waals surface area (Å²) in [4.78, 5) is 18.6. The molecule has 1 aromatic heterocycles. The van der Waals surface area contributed by atoms with Crippen LogP contribution in [0.1, 0.15) is 5.56 Å². The fourth-order valence-corrected chi connectivity index (χ4v) is 3.18. The zero-order chi connectivity index (χ0) is 13.9. The molecule has 0 radical (unpaired) electrons. The van der Waals surface area contributed by atoms with Gasteiger partial charge in [-0.2, -0.15) is 0 Å². The third-order valence-electron chi connectivity index (χ3n) is 2.81. The zero-order valence-corrected chi connectivity index (χ0v) is 12.0. The van der Waals surface area contributed by atoms with Crippen molar-refractivity contribution in [1.29, 1.82) is 0 Å². The minimum atomic E-state index is -0.0805. The summed E-state index contributed by atoms with van der Waals surface area (Å²) in [6, 6.07) is 13.2. The molecule has 1 aromatic carbocycles. The molecular weight excluding hydrogens is 288 g/mol. The van der Waals surface area contributed by atoms with Gasteiger partial charge in [0.2, 0.25) is 0 Å². The van der Waals surface area contributed by atoms with Crippen LogP contribution in [0.5, 0.6) is 0 Å². The summed E-state index contributed by atoms with van der Waals surface area (Å²) < 4.78 is 0.557. The van der Waals surface area contributed by atoms with E-state index in [1.54, 1.807) is 17.3 Å². The Bertz CT molecular complexity index is 684. The molecule has 20 heavy (non-hydrogen) atoms. The van der Waals surface area contributed by atoms with Gasteiger partial charge in [0.25, 0.3) is 5.91 Å². The lowest BCUT2D eigenvalue weighted by Gasteiger charge is -2.13. The highest BCUT2D eigenvalue weighted by Crippen LogP contribution is 2.35. The summed E-state index contributed by atoms with van der Waals surface area (Å²) in [5.74, 6) is -0.0805. The number of carbonyl (C=O) groups is 1. The molecule has 0 spiro atoms. The molecule has 0 saturated carbocycles. The van der Waals surface area contributed by atoms with Crippen LogP contribution in [0.3, 0.4) is 0 Å². The highest BCUT2D eigenvalue weighted by molar-refractivity contribution is 8.27. The lowest BCUT2D eigenvalue weighted by molar-refractivity contribution is -0.113. The molecule has 1 amide bonds. The highest BCUT2D eigenvalue weighted by Gasteiger charge is 2.32. The van der Waals surface area contributed by atoms with Crippen molar-refractivity contribution in [1.82, 2.24) is 4.98 Å². The van der Waals surface area contributed by atoms with Gasteiger partial charge in [-0.05, 0) is 35.9 Å². The van der Waals surface area contributed by atoms with Crippen molar-refractivity contribution in [2.24, 2.45) is 0 Å². The number of carbonyl (C=O) groups excluding carboxylic acids is 1. The van der Waals surface area contributed by atoms with Gasteiger partial charge in [0, 0.05) is 12.4 Å². The second-order valence-corrected chi connectivity index (χ2v) is 5.81. The summed E-state index contributed by atoms with van der Waals surface area (Å²) in [6.07, 6.45) is 5.23. The third kappa shape index (κ3) is 2.50. The second-order valence-electron chi connectivity index (χ2n) is 4.13. The number of thioether (sulfide) groups is 1. The Morgan fingerprint density at radius 3 is 2.50 bits per heavy atom. The topological polar surface area (TPSA) is 33.2 Å². The van der Waals surface area contributed by atoms with Crippen molar-refractivity contribution in [3.63, 3.8) is 0 Å². The first-order valence-corrected chi connectivity index (χ1v) is 7.21. The number of amides is 1. The lowest BCUT2D eigenvalue weighted by Crippen LogP contribution is -2.27.